The second-order valence-corrected chi connectivity index (χ2v) is 6.71. The lowest BCUT2D eigenvalue weighted by Crippen LogP contribution is -2.44. The van der Waals surface area contributed by atoms with Crippen LogP contribution in [0.1, 0.15) is 26.2 Å². The van der Waals surface area contributed by atoms with Crippen LogP contribution in [0.5, 0.6) is 0 Å². The fourth-order valence-corrected chi connectivity index (χ4v) is 3.61. The van der Waals surface area contributed by atoms with Gasteiger partial charge in [-0.15, -0.1) is 0 Å². The van der Waals surface area contributed by atoms with Crippen molar-refractivity contribution in [1.82, 2.24) is 10.2 Å². The average Bonchev–Trinajstić information content (AvgIpc) is 2.73. The van der Waals surface area contributed by atoms with Crippen molar-refractivity contribution in [3.63, 3.8) is 0 Å². The highest BCUT2D eigenvalue weighted by Crippen LogP contribution is 2.30. The Balaban J connectivity index is 1.72. The number of thioether (sulfide) groups is 1. The largest absolute Gasteiger partial charge is 0.313 e. The van der Waals surface area contributed by atoms with Crippen LogP contribution in [0.25, 0.3) is 0 Å². The number of piperidine rings is 1. The first-order valence-electron chi connectivity index (χ1n) is 6.18. The van der Waals surface area contributed by atoms with E-state index in [2.05, 4.69) is 35.9 Å². The molecule has 0 aromatic rings. The molecule has 88 valence electrons. The second-order valence-electron chi connectivity index (χ2n) is 5.56. The number of nitrogens with zero attached hydrogens (tertiary/aromatic N) is 1. The molecule has 0 amide bonds. The molecular weight excluding hydrogens is 204 g/mol. The summed E-state index contributed by atoms with van der Waals surface area (Å²) >= 11 is 2.10. The lowest BCUT2D eigenvalue weighted by molar-refractivity contribution is 0.134. The summed E-state index contributed by atoms with van der Waals surface area (Å²) in [6, 6.07) is 0.798. The van der Waals surface area contributed by atoms with E-state index in [1.807, 2.05) is 0 Å². The first-order valence-corrected chi connectivity index (χ1v) is 7.33. The minimum absolute atomic E-state index is 0.555. The smallest absolute Gasteiger partial charge is 0.0166 e. The average molecular weight is 228 g/mol. The standard InChI is InChI=1S/C12H24N2S/c1-12(4-6-14(2)7-5-12)10-13-11-3-8-15-9-11/h11,13H,3-10H2,1-2H3. The van der Waals surface area contributed by atoms with Gasteiger partial charge in [0.05, 0.1) is 0 Å². The molecule has 15 heavy (non-hydrogen) atoms. The number of likely N-dealkylation sites (tertiary alicyclic amines) is 1. The van der Waals surface area contributed by atoms with E-state index >= 15 is 0 Å². The number of hydrogen-bond acceptors (Lipinski definition) is 3. The van der Waals surface area contributed by atoms with E-state index in [4.69, 9.17) is 0 Å². The highest BCUT2D eigenvalue weighted by Gasteiger charge is 2.29. The second kappa shape index (κ2) is 5.07. The first kappa shape index (κ1) is 11.7. The van der Waals surface area contributed by atoms with Crippen LogP contribution in [-0.2, 0) is 0 Å². The summed E-state index contributed by atoms with van der Waals surface area (Å²) < 4.78 is 0. The lowest BCUT2D eigenvalue weighted by atomic mass is 9.80. The molecule has 2 saturated heterocycles. The zero-order valence-electron chi connectivity index (χ0n) is 10.1. The molecule has 1 unspecified atom stereocenters. The molecule has 0 bridgehead atoms. The Morgan fingerprint density at radius 1 is 1.40 bits per heavy atom. The van der Waals surface area contributed by atoms with Gasteiger partial charge in [0.1, 0.15) is 0 Å². The minimum atomic E-state index is 0.555. The number of hydrogen-bond donors (Lipinski definition) is 1. The van der Waals surface area contributed by atoms with Crippen molar-refractivity contribution in [3.05, 3.63) is 0 Å². The van der Waals surface area contributed by atoms with Crippen LogP contribution >= 0.6 is 11.8 Å². The molecule has 3 heteroatoms. The Morgan fingerprint density at radius 3 is 2.73 bits per heavy atom. The van der Waals surface area contributed by atoms with Gasteiger partial charge in [0, 0.05) is 18.3 Å². The van der Waals surface area contributed by atoms with Crippen LogP contribution in [0.15, 0.2) is 0 Å². The van der Waals surface area contributed by atoms with Crippen LogP contribution < -0.4 is 5.32 Å². The first-order chi connectivity index (χ1) is 7.18. The van der Waals surface area contributed by atoms with Crippen LogP contribution in [-0.4, -0.2) is 49.1 Å². The monoisotopic (exact) mass is 228 g/mol. The molecule has 1 atom stereocenters. The summed E-state index contributed by atoms with van der Waals surface area (Å²) in [5.41, 5.74) is 0.555. The summed E-state index contributed by atoms with van der Waals surface area (Å²) in [4.78, 5) is 2.45. The quantitative estimate of drug-likeness (QED) is 0.793. The fraction of sp³-hybridized carbons (Fsp3) is 1.00. The summed E-state index contributed by atoms with van der Waals surface area (Å²) in [5, 5.41) is 3.77. The molecule has 2 aliphatic rings. The van der Waals surface area contributed by atoms with Gasteiger partial charge in [-0.25, -0.2) is 0 Å². The third-order valence-electron chi connectivity index (χ3n) is 3.94. The van der Waals surface area contributed by atoms with E-state index in [1.165, 1.54) is 50.4 Å². The molecule has 0 aromatic carbocycles. The van der Waals surface area contributed by atoms with Gasteiger partial charge in [-0.3, -0.25) is 0 Å². The van der Waals surface area contributed by atoms with Crippen LogP contribution in [0, 0.1) is 5.41 Å². The molecule has 1 N–H and O–H groups in total. The Hall–Kier alpha value is 0.270. The molecular formula is C12H24N2S. The van der Waals surface area contributed by atoms with Crippen LogP contribution in [0.3, 0.4) is 0 Å². The van der Waals surface area contributed by atoms with Crippen molar-refractivity contribution in [2.24, 2.45) is 5.41 Å². The molecule has 0 aromatic heterocycles. The molecule has 2 nitrogen and oxygen atoms in total. The predicted octanol–water partition coefficient (Wildman–Crippen LogP) is 1.81. The summed E-state index contributed by atoms with van der Waals surface area (Å²) in [7, 11) is 2.24. The van der Waals surface area contributed by atoms with E-state index in [1.54, 1.807) is 0 Å². The van der Waals surface area contributed by atoms with Crippen molar-refractivity contribution in [1.29, 1.82) is 0 Å². The van der Waals surface area contributed by atoms with E-state index < -0.39 is 0 Å². The van der Waals surface area contributed by atoms with Gasteiger partial charge in [-0.1, -0.05) is 6.92 Å². The summed E-state index contributed by atoms with van der Waals surface area (Å²) in [6.07, 6.45) is 4.09. The summed E-state index contributed by atoms with van der Waals surface area (Å²) in [6.45, 7) is 6.23. The summed E-state index contributed by atoms with van der Waals surface area (Å²) in [5.74, 6) is 2.69. The van der Waals surface area contributed by atoms with E-state index in [9.17, 15) is 0 Å². The Bertz CT molecular complexity index is 194. The molecule has 0 radical (unpaired) electrons. The van der Waals surface area contributed by atoms with Crippen molar-refractivity contribution in [3.8, 4) is 0 Å². The van der Waals surface area contributed by atoms with E-state index in [-0.39, 0.29) is 0 Å². The number of rotatable bonds is 3. The molecule has 2 heterocycles. The predicted molar refractivity (Wildman–Crippen MR) is 68.6 cm³/mol. The molecule has 2 rings (SSSR count). The van der Waals surface area contributed by atoms with Gasteiger partial charge in [-0.2, -0.15) is 11.8 Å². The zero-order valence-corrected chi connectivity index (χ0v) is 10.9. The Morgan fingerprint density at radius 2 is 2.13 bits per heavy atom. The van der Waals surface area contributed by atoms with Gasteiger partial charge >= 0.3 is 0 Å². The molecule has 0 aliphatic carbocycles. The van der Waals surface area contributed by atoms with Crippen molar-refractivity contribution in [2.45, 2.75) is 32.2 Å². The third kappa shape index (κ3) is 3.36. The molecule has 0 saturated carbocycles. The Kier molecular flexibility index (Phi) is 3.97. The Labute approximate surface area is 98.2 Å². The SMILES string of the molecule is CN1CCC(C)(CNC2CCSC2)CC1. The van der Waals surface area contributed by atoms with E-state index in [0.717, 1.165) is 6.04 Å². The van der Waals surface area contributed by atoms with Gasteiger partial charge < -0.3 is 10.2 Å². The molecule has 0 spiro atoms. The van der Waals surface area contributed by atoms with Crippen LogP contribution in [0.2, 0.25) is 0 Å². The highest BCUT2D eigenvalue weighted by molar-refractivity contribution is 7.99. The zero-order chi connectivity index (χ0) is 10.7. The highest BCUT2D eigenvalue weighted by atomic mass is 32.2. The fourth-order valence-electron chi connectivity index (χ4n) is 2.42. The van der Waals surface area contributed by atoms with Gasteiger partial charge in [0.15, 0.2) is 0 Å². The van der Waals surface area contributed by atoms with E-state index in [0.29, 0.717) is 5.41 Å². The van der Waals surface area contributed by atoms with Crippen molar-refractivity contribution < 1.29 is 0 Å². The maximum atomic E-state index is 3.77. The van der Waals surface area contributed by atoms with Crippen LogP contribution in [0.4, 0.5) is 0 Å². The molecule has 2 fully saturated rings. The third-order valence-corrected chi connectivity index (χ3v) is 5.10. The normalized spacial score (nSPS) is 32.0. The minimum Gasteiger partial charge on any atom is -0.313 e. The van der Waals surface area contributed by atoms with Gasteiger partial charge in [0.25, 0.3) is 0 Å². The number of nitrogens with one attached hydrogen (secondary N) is 1. The topological polar surface area (TPSA) is 15.3 Å². The maximum Gasteiger partial charge on any atom is 0.0166 e. The van der Waals surface area contributed by atoms with Crippen molar-refractivity contribution >= 4 is 11.8 Å². The van der Waals surface area contributed by atoms with Gasteiger partial charge in [0.2, 0.25) is 0 Å². The maximum absolute atomic E-state index is 3.77. The molecule has 2 aliphatic heterocycles. The van der Waals surface area contributed by atoms with Gasteiger partial charge in [-0.05, 0) is 50.6 Å². The van der Waals surface area contributed by atoms with Crippen molar-refractivity contribution in [2.75, 3.05) is 38.2 Å². The lowest BCUT2D eigenvalue weighted by Gasteiger charge is -2.38.